The van der Waals surface area contributed by atoms with E-state index in [2.05, 4.69) is 10.2 Å². The second-order valence-corrected chi connectivity index (χ2v) is 6.20. The Kier molecular flexibility index (Phi) is 3.82. The number of benzene rings is 1. The Bertz CT molecular complexity index is 727. The average molecular weight is 321 g/mol. The van der Waals surface area contributed by atoms with Crippen LogP contribution in [0.15, 0.2) is 23.4 Å². The number of nitrogens with two attached hydrogens (primary N) is 1. The lowest BCUT2D eigenvalue weighted by Gasteiger charge is -2.04. The summed E-state index contributed by atoms with van der Waals surface area (Å²) in [6.45, 7) is 0. The van der Waals surface area contributed by atoms with Gasteiger partial charge in [0.25, 0.3) is 15.2 Å². The maximum atomic E-state index is 11.2. The van der Waals surface area contributed by atoms with Crippen molar-refractivity contribution in [1.82, 2.24) is 14.8 Å². The van der Waals surface area contributed by atoms with Crippen LogP contribution in [-0.4, -0.2) is 23.2 Å². The molecule has 19 heavy (non-hydrogen) atoms. The van der Waals surface area contributed by atoms with Crippen LogP contribution in [0.1, 0.15) is 11.4 Å². The summed E-state index contributed by atoms with van der Waals surface area (Å²) in [6.07, 6.45) is 0.371. The van der Waals surface area contributed by atoms with Gasteiger partial charge in [0.05, 0.1) is 10.0 Å². The van der Waals surface area contributed by atoms with Gasteiger partial charge in [-0.05, 0) is 17.7 Å². The molecule has 6 nitrogen and oxygen atoms in total. The summed E-state index contributed by atoms with van der Waals surface area (Å²) in [5.74, 6) is 0.461. The minimum Gasteiger partial charge on any atom is -0.304 e. The fraction of sp³-hybridized carbons (Fsp3) is 0.200. The third kappa shape index (κ3) is 3.06. The number of hydrogen-bond acceptors (Lipinski definition) is 4. The lowest BCUT2D eigenvalue weighted by molar-refractivity contribution is 0.578. The van der Waals surface area contributed by atoms with Crippen LogP contribution >= 0.6 is 23.2 Å². The smallest absolute Gasteiger partial charge is 0.273 e. The Morgan fingerprint density at radius 2 is 1.95 bits per heavy atom. The van der Waals surface area contributed by atoms with Gasteiger partial charge in [0.15, 0.2) is 0 Å². The standard InChI is InChI=1S/C10H10Cl2N4O2S/c1-16-9(14-15-10(16)19(13,17)18)5-6-2-3-7(11)8(12)4-6/h2-4H,5H2,1H3,(H2,13,17,18). The normalized spacial score (nSPS) is 11.8. The number of hydrogen-bond donors (Lipinski definition) is 1. The van der Waals surface area contributed by atoms with E-state index in [1.165, 1.54) is 11.6 Å². The molecule has 2 N–H and O–H groups in total. The number of nitrogens with zero attached hydrogens (tertiary/aromatic N) is 3. The minimum atomic E-state index is -3.88. The molecule has 102 valence electrons. The highest BCUT2D eigenvalue weighted by Crippen LogP contribution is 2.23. The van der Waals surface area contributed by atoms with Crippen molar-refractivity contribution >= 4 is 33.2 Å². The maximum absolute atomic E-state index is 11.2. The molecule has 1 aromatic heterocycles. The van der Waals surface area contributed by atoms with Gasteiger partial charge in [-0.1, -0.05) is 29.3 Å². The van der Waals surface area contributed by atoms with E-state index in [1.54, 1.807) is 18.2 Å². The Hall–Kier alpha value is -1.15. The number of primary sulfonamides is 1. The van der Waals surface area contributed by atoms with Crippen LogP contribution in [0.25, 0.3) is 0 Å². The predicted octanol–water partition coefficient (Wildman–Crippen LogP) is 1.36. The van der Waals surface area contributed by atoms with Crippen molar-refractivity contribution in [3.05, 3.63) is 39.6 Å². The van der Waals surface area contributed by atoms with Gasteiger partial charge >= 0.3 is 0 Å². The fourth-order valence-electron chi connectivity index (χ4n) is 1.58. The Labute approximate surface area is 120 Å². The molecule has 9 heteroatoms. The highest BCUT2D eigenvalue weighted by atomic mass is 35.5. The van der Waals surface area contributed by atoms with Gasteiger partial charge in [-0.2, -0.15) is 0 Å². The van der Waals surface area contributed by atoms with Gasteiger partial charge in [-0.3, -0.25) is 0 Å². The highest BCUT2D eigenvalue weighted by molar-refractivity contribution is 7.89. The largest absolute Gasteiger partial charge is 0.304 e. The molecule has 0 aliphatic carbocycles. The second-order valence-electron chi connectivity index (χ2n) is 3.93. The molecule has 0 aliphatic rings. The van der Waals surface area contributed by atoms with Gasteiger partial charge in [0, 0.05) is 13.5 Å². The van der Waals surface area contributed by atoms with Crippen molar-refractivity contribution < 1.29 is 8.42 Å². The summed E-state index contributed by atoms with van der Waals surface area (Å²) in [5, 5.41) is 13.0. The van der Waals surface area contributed by atoms with Gasteiger partial charge in [-0.15, -0.1) is 10.2 Å². The molecule has 2 aromatic rings. The van der Waals surface area contributed by atoms with Crippen molar-refractivity contribution in [2.24, 2.45) is 12.2 Å². The molecule has 0 atom stereocenters. The van der Waals surface area contributed by atoms with E-state index in [-0.39, 0.29) is 5.16 Å². The minimum absolute atomic E-state index is 0.275. The van der Waals surface area contributed by atoms with Crippen molar-refractivity contribution in [3.8, 4) is 0 Å². The number of aromatic nitrogens is 3. The van der Waals surface area contributed by atoms with Crippen LogP contribution in [-0.2, 0) is 23.5 Å². The molecular formula is C10H10Cl2N4O2S. The summed E-state index contributed by atoms with van der Waals surface area (Å²) in [6, 6.07) is 5.13. The first-order chi connectivity index (χ1) is 8.79. The zero-order chi connectivity index (χ0) is 14.2. The molecule has 0 spiro atoms. The van der Waals surface area contributed by atoms with Gasteiger partial charge < -0.3 is 4.57 Å². The van der Waals surface area contributed by atoms with Crippen LogP contribution in [0.3, 0.4) is 0 Å². The molecule has 0 radical (unpaired) electrons. The lowest BCUT2D eigenvalue weighted by Crippen LogP contribution is -2.17. The van der Waals surface area contributed by atoms with E-state index in [0.29, 0.717) is 22.3 Å². The molecule has 0 aliphatic heterocycles. The van der Waals surface area contributed by atoms with Gasteiger partial charge in [-0.25, -0.2) is 13.6 Å². The van der Waals surface area contributed by atoms with Crippen molar-refractivity contribution in [1.29, 1.82) is 0 Å². The predicted molar refractivity (Wildman–Crippen MR) is 71.6 cm³/mol. The van der Waals surface area contributed by atoms with Crippen molar-refractivity contribution in [2.45, 2.75) is 11.6 Å². The third-order valence-corrected chi connectivity index (χ3v) is 4.13. The zero-order valence-corrected chi connectivity index (χ0v) is 12.2. The van der Waals surface area contributed by atoms with Crippen LogP contribution in [0.5, 0.6) is 0 Å². The fourth-order valence-corrected chi connectivity index (χ4v) is 2.54. The summed E-state index contributed by atoms with van der Waals surface area (Å²) in [5.41, 5.74) is 0.839. The molecule has 1 heterocycles. The topological polar surface area (TPSA) is 90.9 Å². The van der Waals surface area contributed by atoms with Crippen LogP contribution < -0.4 is 5.14 Å². The molecule has 0 unspecified atom stereocenters. The number of sulfonamides is 1. The summed E-state index contributed by atoms with van der Waals surface area (Å²) >= 11 is 11.7. The molecule has 0 saturated carbocycles. The Morgan fingerprint density at radius 3 is 2.47 bits per heavy atom. The molecular weight excluding hydrogens is 311 g/mol. The third-order valence-electron chi connectivity index (χ3n) is 2.53. The van der Waals surface area contributed by atoms with E-state index >= 15 is 0 Å². The second kappa shape index (κ2) is 5.09. The quantitative estimate of drug-likeness (QED) is 0.924. The molecule has 2 rings (SSSR count). The monoisotopic (exact) mass is 320 g/mol. The summed E-state index contributed by atoms with van der Waals surface area (Å²) < 4.78 is 23.8. The van der Waals surface area contributed by atoms with E-state index in [4.69, 9.17) is 28.3 Å². The van der Waals surface area contributed by atoms with E-state index in [9.17, 15) is 8.42 Å². The maximum Gasteiger partial charge on any atom is 0.273 e. The van der Waals surface area contributed by atoms with Crippen molar-refractivity contribution in [2.75, 3.05) is 0 Å². The molecule has 1 aromatic carbocycles. The first kappa shape index (κ1) is 14.3. The lowest BCUT2D eigenvalue weighted by atomic mass is 10.1. The van der Waals surface area contributed by atoms with E-state index in [1.807, 2.05) is 0 Å². The SMILES string of the molecule is Cn1c(Cc2ccc(Cl)c(Cl)c2)nnc1S(N)(=O)=O. The zero-order valence-electron chi connectivity index (χ0n) is 9.84. The number of halogens is 2. The summed E-state index contributed by atoms with van der Waals surface area (Å²) in [4.78, 5) is 0. The Balaban J connectivity index is 2.34. The van der Waals surface area contributed by atoms with Gasteiger partial charge in [0.1, 0.15) is 5.82 Å². The van der Waals surface area contributed by atoms with E-state index in [0.717, 1.165) is 5.56 Å². The molecule has 0 bridgehead atoms. The summed E-state index contributed by atoms with van der Waals surface area (Å²) in [7, 11) is -2.34. The van der Waals surface area contributed by atoms with Crippen LogP contribution in [0.4, 0.5) is 0 Å². The van der Waals surface area contributed by atoms with Crippen LogP contribution in [0, 0.1) is 0 Å². The highest BCUT2D eigenvalue weighted by Gasteiger charge is 2.18. The van der Waals surface area contributed by atoms with Gasteiger partial charge in [0.2, 0.25) is 0 Å². The molecule has 0 fully saturated rings. The van der Waals surface area contributed by atoms with Crippen molar-refractivity contribution in [3.63, 3.8) is 0 Å². The Morgan fingerprint density at radius 1 is 1.26 bits per heavy atom. The number of rotatable bonds is 3. The molecule has 0 amide bonds. The average Bonchev–Trinajstić information content (AvgIpc) is 2.65. The first-order valence-electron chi connectivity index (χ1n) is 5.14. The van der Waals surface area contributed by atoms with E-state index < -0.39 is 10.0 Å². The van der Waals surface area contributed by atoms with Crippen LogP contribution in [0.2, 0.25) is 10.0 Å². The first-order valence-corrected chi connectivity index (χ1v) is 7.44. The molecule has 0 saturated heterocycles.